The van der Waals surface area contributed by atoms with Crippen LogP contribution in [-0.2, 0) is 9.59 Å². The van der Waals surface area contributed by atoms with Gasteiger partial charge in [0.1, 0.15) is 0 Å². The van der Waals surface area contributed by atoms with Gasteiger partial charge in [0.25, 0.3) is 0 Å². The van der Waals surface area contributed by atoms with Crippen LogP contribution < -0.4 is 5.32 Å². The summed E-state index contributed by atoms with van der Waals surface area (Å²) in [7, 11) is 0. The predicted octanol–water partition coefficient (Wildman–Crippen LogP) is 0.932. The Kier molecular flexibility index (Phi) is 6.48. The van der Waals surface area contributed by atoms with Crippen molar-refractivity contribution in [3.63, 3.8) is 0 Å². The maximum atomic E-state index is 12.2. The molecule has 21 heavy (non-hydrogen) atoms. The van der Waals surface area contributed by atoms with Crippen LogP contribution in [0.15, 0.2) is 0 Å². The lowest BCUT2D eigenvalue weighted by Gasteiger charge is -2.23. The van der Waals surface area contributed by atoms with Gasteiger partial charge in [0.05, 0.1) is 12.5 Å². The molecule has 1 unspecified atom stereocenters. The Labute approximate surface area is 126 Å². The molecule has 1 atom stereocenters. The van der Waals surface area contributed by atoms with Crippen LogP contribution in [0.3, 0.4) is 0 Å². The highest BCUT2D eigenvalue weighted by molar-refractivity contribution is 6.07. The van der Waals surface area contributed by atoms with Gasteiger partial charge in [-0.25, -0.2) is 0 Å². The number of aliphatic hydroxyl groups excluding tert-OH is 1. The van der Waals surface area contributed by atoms with E-state index in [4.69, 9.17) is 10.5 Å². The van der Waals surface area contributed by atoms with Crippen LogP contribution in [0.5, 0.6) is 0 Å². The van der Waals surface area contributed by atoms with Gasteiger partial charge >= 0.3 is 0 Å². The average molecular weight is 297 g/mol. The van der Waals surface area contributed by atoms with Crippen LogP contribution >= 0.6 is 0 Å². The Morgan fingerprint density at radius 1 is 1.38 bits per heavy atom. The minimum absolute atomic E-state index is 0.0431. The van der Waals surface area contributed by atoms with Crippen molar-refractivity contribution < 1.29 is 14.7 Å². The summed E-state index contributed by atoms with van der Waals surface area (Å²) in [5, 5.41) is 19.1. The number of nitrogens with one attached hydrogen (secondary N) is 2. The van der Waals surface area contributed by atoms with Crippen LogP contribution in [-0.4, -0.2) is 53.3 Å². The summed E-state index contributed by atoms with van der Waals surface area (Å²) < 4.78 is 0. The number of rotatable bonds is 6. The number of nitrogens with zero attached hydrogens (tertiary/aromatic N) is 1. The van der Waals surface area contributed by atoms with Gasteiger partial charge in [-0.2, -0.15) is 0 Å². The van der Waals surface area contributed by atoms with Crippen molar-refractivity contribution in [3.8, 4) is 0 Å². The van der Waals surface area contributed by atoms with E-state index in [0.717, 1.165) is 19.4 Å². The number of likely N-dealkylation sites (tertiary alicyclic amines) is 1. The van der Waals surface area contributed by atoms with Crippen molar-refractivity contribution in [2.45, 2.75) is 52.5 Å². The van der Waals surface area contributed by atoms with E-state index in [-0.39, 0.29) is 30.4 Å². The first-order valence-corrected chi connectivity index (χ1v) is 7.52. The zero-order valence-corrected chi connectivity index (χ0v) is 13.2. The first-order valence-electron chi connectivity index (χ1n) is 7.52. The SMILES string of the molecule is CC(C)(C)C(=N)CC(=O)NC(=O)C1CCCN1CCCO. The molecule has 6 nitrogen and oxygen atoms in total. The molecule has 6 heteroatoms. The third kappa shape index (κ3) is 5.55. The number of amides is 2. The molecule has 0 aromatic carbocycles. The number of carbonyl (C=O) groups is 2. The molecule has 0 radical (unpaired) electrons. The summed E-state index contributed by atoms with van der Waals surface area (Å²) in [5.41, 5.74) is -0.0441. The number of carbonyl (C=O) groups excluding carboxylic acids is 2. The molecule has 0 aromatic rings. The first-order chi connectivity index (χ1) is 9.75. The Morgan fingerprint density at radius 3 is 2.62 bits per heavy atom. The van der Waals surface area contributed by atoms with E-state index >= 15 is 0 Å². The molecule has 0 bridgehead atoms. The van der Waals surface area contributed by atoms with Gasteiger partial charge in [-0.15, -0.1) is 0 Å². The Morgan fingerprint density at radius 2 is 2.05 bits per heavy atom. The fourth-order valence-corrected chi connectivity index (χ4v) is 2.36. The van der Waals surface area contributed by atoms with Crippen molar-refractivity contribution in [2.75, 3.05) is 19.7 Å². The summed E-state index contributed by atoms with van der Waals surface area (Å²) in [5.74, 6) is -0.689. The van der Waals surface area contributed by atoms with Crippen molar-refractivity contribution in [3.05, 3.63) is 0 Å². The molecule has 0 spiro atoms. The molecule has 3 N–H and O–H groups in total. The van der Waals surface area contributed by atoms with Crippen molar-refractivity contribution in [1.29, 1.82) is 5.41 Å². The molecule has 0 aromatic heterocycles. The largest absolute Gasteiger partial charge is 0.396 e. The summed E-state index contributed by atoms with van der Waals surface area (Å²) in [6, 6.07) is -0.288. The predicted molar refractivity (Wildman–Crippen MR) is 81.2 cm³/mol. The number of aliphatic hydroxyl groups is 1. The van der Waals surface area contributed by atoms with E-state index in [1.165, 1.54) is 0 Å². The second-order valence-electron chi connectivity index (χ2n) is 6.59. The van der Waals surface area contributed by atoms with Crippen molar-refractivity contribution >= 4 is 17.5 Å². The van der Waals surface area contributed by atoms with Gasteiger partial charge in [-0.05, 0) is 25.8 Å². The zero-order valence-electron chi connectivity index (χ0n) is 13.2. The fraction of sp³-hybridized carbons (Fsp3) is 0.800. The summed E-state index contributed by atoms with van der Waals surface area (Å²) in [6.07, 6.45) is 2.25. The van der Waals surface area contributed by atoms with Gasteiger partial charge in [0, 0.05) is 24.3 Å². The van der Waals surface area contributed by atoms with Gasteiger partial charge in [0.2, 0.25) is 11.8 Å². The lowest BCUT2D eigenvalue weighted by molar-refractivity contribution is -0.132. The lowest BCUT2D eigenvalue weighted by Crippen LogP contribution is -2.46. The molecule has 0 aliphatic carbocycles. The standard InChI is InChI=1S/C15H27N3O3/c1-15(2,3)12(16)10-13(20)17-14(21)11-6-4-7-18(11)8-5-9-19/h11,16,19H,4-10H2,1-3H3,(H,17,20,21). The smallest absolute Gasteiger partial charge is 0.243 e. The fourth-order valence-electron chi connectivity index (χ4n) is 2.36. The summed E-state index contributed by atoms with van der Waals surface area (Å²) >= 11 is 0. The molecule has 1 heterocycles. The number of hydrogen-bond acceptors (Lipinski definition) is 5. The normalized spacial score (nSPS) is 19.5. The van der Waals surface area contributed by atoms with Gasteiger partial charge in [-0.1, -0.05) is 20.8 Å². The number of hydrogen-bond donors (Lipinski definition) is 3. The number of imide groups is 1. The van der Waals surface area contributed by atoms with Crippen LogP contribution in [0, 0.1) is 10.8 Å². The Balaban J connectivity index is 2.48. The van der Waals surface area contributed by atoms with E-state index in [2.05, 4.69) is 5.32 Å². The molecule has 120 valence electrons. The average Bonchev–Trinajstić information content (AvgIpc) is 2.83. The van der Waals surface area contributed by atoms with Crippen molar-refractivity contribution in [1.82, 2.24) is 10.2 Å². The van der Waals surface area contributed by atoms with E-state index in [9.17, 15) is 9.59 Å². The third-order valence-electron chi connectivity index (χ3n) is 3.78. The minimum Gasteiger partial charge on any atom is -0.396 e. The lowest BCUT2D eigenvalue weighted by atomic mass is 9.88. The quantitative estimate of drug-likeness (QED) is 0.636. The van der Waals surface area contributed by atoms with Gasteiger partial charge < -0.3 is 10.5 Å². The van der Waals surface area contributed by atoms with Crippen LogP contribution in [0.1, 0.15) is 46.5 Å². The molecular formula is C15H27N3O3. The molecule has 2 amide bonds. The third-order valence-corrected chi connectivity index (χ3v) is 3.78. The van der Waals surface area contributed by atoms with Crippen LogP contribution in [0.2, 0.25) is 0 Å². The molecule has 1 saturated heterocycles. The summed E-state index contributed by atoms with van der Waals surface area (Å²) in [4.78, 5) is 26.0. The molecule has 1 rings (SSSR count). The first kappa shape index (κ1) is 17.8. The summed E-state index contributed by atoms with van der Waals surface area (Å²) in [6.45, 7) is 7.21. The molecule has 1 fully saturated rings. The van der Waals surface area contributed by atoms with Gasteiger partial charge in [0.15, 0.2) is 0 Å². The molecule has 1 aliphatic rings. The van der Waals surface area contributed by atoms with E-state index in [1.807, 2.05) is 25.7 Å². The minimum atomic E-state index is -0.408. The molecule has 1 aliphatic heterocycles. The van der Waals surface area contributed by atoms with Crippen LogP contribution in [0.4, 0.5) is 0 Å². The second-order valence-corrected chi connectivity index (χ2v) is 6.59. The maximum Gasteiger partial charge on any atom is 0.243 e. The van der Waals surface area contributed by atoms with E-state index < -0.39 is 5.91 Å². The zero-order chi connectivity index (χ0) is 16.0. The van der Waals surface area contributed by atoms with E-state index in [1.54, 1.807) is 0 Å². The highest BCUT2D eigenvalue weighted by atomic mass is 16.3. The topological polar surface area (TPSA) is 93.5 Å². The monoisotopic (exact) mass is 297 g/mol. The van der Waals surface area contributed by atoms with Crippen LogP contribution in [0.25, 0.3) is 0 Å². The second kappa shape index (κ2) is 7.66. The van der Waals surface area contributed by atoms with Gasteiger partial charge in [-0.3, -0.25) is 19.8 Å². The Bertz CT molecular complexity index is 401. The highest BCUT2D eigenvalue weighted by Crippen LogP contribution is 2.19. The van der Waals surface area contributed by atoms with Crippen molar-refractivity contribution in [2.24, 2.45) is 5.41 Å². The van der Waals surface area contributed by atoms with E-state index in [0.29, 0.717) is 18.7 Å². The maximum absolute atomic E-state index is 12.2. The Hall–Kier alpha value is -1.27. The molecular weight excluding hydrogens is 270 g/mol. The molecule has 0 saturated carbocycles. The highest BCUT2D eigenvalue weighted by Gasteiger charge is 2.31.